The second-order valence-electron chi connectivity index (χ2n) is 6.43. The van der Waals surface area contributed by atoms with E-state index < -0.39 is 8.53 Å². The summed E-state index contributed by atoms with van der Waals surface area (Å²) < 4.78 is 20.2. The maximum atomic E-state index is 6.90. The van der Waals surface area contributed by atoms with Gasteiger partial charge in [-0.3, -0.25) is 0 Å². The zero-order valence-electron chi connectivity index (χ0n) is 15.3. The molecule has 1 rings (SSSR count). The van der Waals surface area contributed by atoms with E-state index in [0.717, 1.165) is 6.42 Å². The number of hydrogen-bond acceptors (Lipinski definition) is 5. The van der Waals surface area contributed by atoms with Gasteiger partial charge in [0, 0.05) is 18.1 Å². The normalized spacial score (nSPS) is 25.1. The van der Waals surface area contributed by atoms with E-state index in [1.807, 2.05) is 7.05 Å². The molecule has 0 aromatic rings. The van der Waals surface area contributed by atoms with Crippen LogP contribution in [0.1, 0.15) is 48.5 Å². The molecule has 0 amide bonds. The lowest BCUT2D eigenvalue weighted by atomic mass is 10.1. The molecule has 1 fully saturated rings. The molecule has 0 bridgehead atoms. The van der Waals surface area contributed by atoms with Crippen LogP contribution in [0.5, 0.6) is 0 Å². The Labute approximate surface area is 150 Å². The summed E-state index contributed by atoms with van der Waals surface area (Å²) in [6, 6.07) is 0.951. The first-order chi connectivity index (χ1) is 10.9. The average molecular weight is 361 g/mol. The molecule has 6 nitrogen and oxygen atoms in total. The van der Waals surface area contributed by atoms with Crippen molar-refractivity contribution >= 4 is 8.53 Å². The zero-order valence-corrected chi connectivity index (χ0v) is 16.2. The van der Waals surface area contributed by atoms with Gasteiger partial charge in [0.2, 0.25) is 6.54 Å². The van der Waals surface area contributed by atoms with E-state index in [0.29, 0.717) is 37.9 Å². The SMILES string of the molecule is C.[C-]#[N+]CCOP(OC[C@H]1O[C@@H](C)CC1NC)N(C(C)C)C(C)C. The first kappa shape index (κ1) is 23.7. The van der Waals surface area contributed by atoms with Crippen molar-refractivity contribution in [3.63, 3.8) is 0 Å². The van der Waals surface area contributed by atoms with Crippen molar-refractivity contribution in [2.45, 2.75) is 78.8 Å². The van der Waals surface area contributed by atoms with Gasteiger partial charge in [-0.2, -0.15) is 0 Å². The van der Waals surface area contributed by atoms with Crippen molar-refractivity contribution in [1.29, 1.82) is 0 Å². The van der Waals surface area contributed by atoms with Gasteiger partial charge in [0.1, 0.15) is 6.61 Å². The Bertz CT molecular complexity index is 369. The number of nitrogens with zero attached hydrogens (tertiary/aromatic N) is 2. The molecule has 1 heterocycles. The van der Waals surface area contributed by atoms with Crippen molar-refractivity contribution < 1.29 is 13.8 Å². The molecule has 0 spiro atoms. The molecule has 2 unspecified atom stereocenters. The van der Waals surface area contributed by atoms with Gasteiger partial charge >= 0.3 is 0 Å². The number of hydrogen-bond donors (Lipinski definition) is 1. The lowest BCUT2D eigenvalue weighted by molar-refractivity contribution is 0.0147. The molecule has 0 aliphatic carbocycles. The summed E-state index contributed by atoms with van der Waals surface area (Å²) in [7, 11) is 0.774. The molecule has 1 saturated heterocycles. The molecule has 0 saturated carbocycles. The van der Waals surface area contributed by atoms with Crippen molar-refractivity contribution in [2.75, 3.05) is 26.8 Å². The largest absolute Gasteiger partial charge is 0.371 e. The monoisotopic (exact) mass is 361 g/mol. The Morgan fingerprint density at radius 1 is 1.29 bits per heavy atom. The van der Waals surface area contributed by atoms with Gasteiger partial charge in [0.05, 0.1) is 18.8 Å². The van der Waals surface area contributed by atoms with Crippen LogP contribution >= 0.6 is 8.53 Å². The minimum Gasteiger partial charge on any atom is -0.371 e. The maximum Gasteiger partial charge on any atom is 0.259 e. The second kappa shape index (κ2) is 12.1. The van der Waals surface area contributed by atoms with Gasteiger partial charge < -0.3 is 23.9 Å². The van der Waals surface area contributed by atoms with Crippen LogP contribution in [-0.2, 0) is 13.8 Å². The Morgan fingerprint density at radius 2 is 1.92 bits per heavy atom. The summed E-state index contributed by atoms with van der Waals surface area (Å²) in [4.78, 5) is 3.36. The Morgan fingerprint density at radius 3 is 2.42 bits per heavy atom. The fraction of sp³-hybridized carbons (Fsp3) is 0.941. The summed E-state index contributed by atoms with van der Waals surface area (Å²) in [5.74, 6) is 0. The molecule has 1 N–H and O–H groups in total. The smallest absolute Gasteiger partial charge is 0.259 e. The van der Waals surface area contributed by atoms with E-state index in [-0.39, 0.29) is 19.6 Å². The van der Waals surface area contributed by atoms with Gasteiger partial charge in [0.25, 0.3) is 8.53 Å². The number of rotatable bonds is 10. The third kappa shape index (κ3) is 7.31. The summed E-state index contributed by atoms with van der Waals surface area (Å²) in [5.41, 5.74) is 0. The van der Waals surface area contributed by atoms with Crippen molar-refractivity contribution in [3.05, 3.63) is 11.4 Å². The average Bonchev–Trinajstić information content (AvgIpc) is 2.84. The second-order valence-corrected chi connectivity index (χ2v) is 7.89. The molecule has 7 heteroatoms. The topological polar surface area (TPSA) is 47.3 Å². The molecular weight excluding hydrogens is 325 g/mol. The first-order valence-electron chi connectivity index (χ1n) is 8.40. The Balaban J connectivity index is 0.00000529. The van der Waals surface area contributed by atoms with Gasteiger partial charge in [-0.25, -0.2) is 11.2 Å². The van der Waals surface area contributed by atoms with E-state index in [9.17, 15) is 0 Å². The van der Waals surface area contributed by atoms with Crippen molar-refractivity contribution in [3.8, 4) is 0 Å². The van der Waals surface area contributed by atoms with E-state index in [1.54, 1.807) is 0 Å². The fourth-order valence-electron chi connectivity index (χ4n) is 2.86. The quantitative estimate of drug-likeness (QED) is 0.365. The maximum absolute atomic E-state index is 6.90. The predicted molar refractivity (Wildman–Crippen MR) is 101 cm³/mol. The van der Waals surface area contributed by atoms with Crippen LogP contribution in [0.15, 0.2) is 0 Å². The van der Waals surface area contributed by atoms with Gasteiger partial charge in [0.15, 0.2) is 0 Å². The highest BCUT2D eigenvalue weighted by atomic mass is 31.2. The van der Waals surface area contributed by atoms with Gasteiger partial charge in [-0.1, -0.05) is 7.43 Å². The summed E-state index contributed by atoms with van der Waals surface area (Å²) in [6.07, 6.45) is 1.30. The van der Waals surface area contributed by atoms with E-state index in [4.69, 9.17) is 20.4 Å². The predicted octanol–water partition coefficient (Wildman–Crippen LogP) is 3.69. The molecule has 0 aromatic carbocycles. The Kier molecular flexibility index (Phi) is 12.0. The summed E-state index contributed by atoms with van der Waals surface area (Å²) >= 11 is 0. The minimum atomic E-state index is -1.19. The van der Waals surface area contributed by atoms with Crippen molar-refractivity contribution in [2.24, 2.45) is 0 Å². The number of likely N-dealkylation sites (N-methyl/N-ethyl adjacent to an activating group) is 1. The molecule has 1 aliphatic rings. The van der Waals surface area contributed by atoms with Crippen LogP contribution in [-0.4, -0.2) is 61.8 Å². The van der Waals surface area contributed by atoms with Crippen LogP contribution < -0.4 is 5.32 Å². The third-order valence-electron chi connectivity index (χ3n) is 3.81. The lowest BCUT2D eigenvalue weighted by Crippen LogP contribution is -2.38. The summed E-state index contributed by atoms with van der Waals surface area (Å²) in [5, 5.41) is 3.30. The zero-order chi connectivity index (χ0) is 17.4. The highest BCUT2D eigenvalue weighted by Gasteiger charge is 2.34. The molecular formula is C17H36N3O3P. The summed E-state index contributed by atoms with van der Waals surface area (Å²) in [6.45, 7) is 18.8. The van der Waals surface area contributed by atoms with E-state index >= 15 is 0 Å². The van der Waals surface area contributed by atoms with Crippen LogP contribution in [0, 0.1) is 6.57 Å². The lowest BCUT2D eigenvalue weighted by Gasteiger charge is -2.36. The highest BCUT2D eigenvalue weighted by molar-refractivity contribution is 7.44. The molecule has 1 aliphatic heterocycles. The standard InChI is InChI=1S/C16H32N3O3P.CH4/c1-12(2)19(13(3)4)23(20-9-8-17-6)21-11-16-15(18-7)10-14(5)22-16;/h12-16,18H,8-11H2,1-5,7H3;1H4/t14-,15?,16+,23?;/m0./s1. The number of ether oxygens (including phenoxy) is 1. The molecule has 0 aromatic heterocycles. The Hall–Kier alpha value is -0.280. The van der Waals surface area contributed by atoms with Crippen LogP contribution in [0.3, 0.4) is 0 Å². The van der Waals surface area contributed by atoms with Gasteiger partial charge in [-0.05, 0) is 48.1 Å². The van der Waals surface area contributed by atoms with Crippen LogP contribution in [0.2, 0.25) is 0 Å². The van der Waals surface area contributed by atoms with E-state index in [2.05, 4.69) is 49.5 Å². The van der Waals surface area contributed by atoms with Crippen molar-refractivity contribution in [1.82, 2.24) is 9.99 Å². The first-order valence-corrected chi connectivity index (χ1v) is 9.53. The van der Waals surface area contributed by atoms with Gasteiger partial charge in [-0.15, -0.1) is 0 Å². The molecule has 0 radical (unpaired) electrons. The molecule has 4 atom stereocenters. The van der Waals surface area contributed by atoms with Crippen LogP contribution in [0.4, 0.5) is 0 Å². The molecule has 142 valence electrons. The van der Waals surface area contributed by atoms with Crippen LogP contribution in [0.25, 0.3) is 4.85 Å². The number of nitrogens with one attached hydrogen (secondary N) is 1. The van der Waals surface area contributed by atoms with E-state index in [1.165, 1.54) is 0 Å². The fourth-order valence-corrected chi connectivity index (χ4v) is 4.47. The third-order valence-corrected chi connectivity index (χ3v) is 5.89. The minimum absolute atomic E-state index is 0. The highest BCUT2D eigenvalue weighted by Crippen LogP contribution is 2.46. The molecule has 24 heavy (non-hydrogen) atoms.